The molecule has 0 saturated heterocycles. The summed E-state index contributed by atoms with van der Waals surface area (Å²) in [6, 6.07) is 15.2. The van der Waals surface area contributed by atoms with E-state index >= 15 is 0 Å². The molecule has 0 amide bonds. The summed E-state index contributed by atoms with van der Waals surface area (Å²) < 4.78 is 0. The molecule has 1 nitrogen and oxygen atoms in total. The molecule has 0 aliphatic heterocycles. The summed E-state index contributed by atoms with van der Waals surface area (Å²) in [5, 5.41) is 1.56. The third-order valence-corrected chi connectivity index (χ3v) is 6.58. The van der Waals surface area contributed by atoms with Crippen LogP contribution in [0.2, 0.25) is 19.6 Å². The van der Waals surface area contributed by atoms with Crippen LogP contribution in [0, 0.1) is 0 Å². The first-order valence-corrected chi connectivity index (χ1v) is 11.6. The van der Waals surface area contributed by atoms with E-state index in [0.717, 1.165) is 5.69 Å². The van der Waals surface area contributed by atoms with Gasteiger partial charge in [-0.25, -0.2) is 0 Å². The molecule has 3 rings (SSSR count). The van der Waals surface area contributed by atoms with Gasteiger partial charge in [-0.1, -0.05) is 68.9 Å². The average Bonchev–Trinajstić information content (AvgIpc) is 3.01. The smallest absolute Gasteiger partial charge is 0.0800 e. The highest BCUT2D eigenvalue weighted by Crippen LogP contribution is 2.34. The summed E-state index contributed by atoms with van der Waals surface area (Å²) in [4.78, 5) is 5.13. The first-order chi connectivity index (χ1) is 10.1. The molecule has 0 spiro atoms. The molecule has 0 atom stereocenters. The number of benzene rings is 1. The van der Waals surface area contributed by atoms with Crippen molar-refractivity contribution >= 4 is 13.3 Å². The lowest BCUT2D eigenvalue weighted by atomic mass is 10.0. The van der Waals surface area contributed by atoms with Crippen molar-refractivity contribution in [2.24, 2.45) is 0 Å². The Morgan fingerprint density at radius 3 is 2.19 bits per heavy atom. The fourth-order valence-corrected chi connectivity index (χ4v) is 5.00. The van der Waals surface area contributed by atoms with Gasteiger partial charge in [0.05, 0.1) is 13.8 Å². The van der Waals surface area contributed by atoms with Gasteiger partial charge in [0.2, 0.25) is 0 Å². The van der Waals surface area contributed by atoms with Crippen LogP contribution in [0.5, 0.6) is 0 Å². The van der Waals surface area contributed by atoms with Gasteiger partial charge in [0, 0.05) is 17.2 Å². The van der Waals surface area contributed by atoms with Crippen molar-refractivity contribution in [1.29, 1.82) is 0 Å². The second kappa shape index (κ2) is 5.76. The third kappa shape index (κ3) is 3.10. The van der Waals surface area contributed by atoms with Crippen molar-refractivity contribution < 1.29 is 0 Å². The van der Waals surface area contributed by atoms with Crippen LogP contribution in [0.4, 0.5) is 0 Å². The van der Waals surface area contributed by atoms with Gasteiger partial charge >= 0.3 is 0 Å². The molecule has 2 aromatic rings. The predicted octanol–water partition coefficient (Wildman–Crippen LogP) is 4.95. The van der Waals surface area contributed by atoms with Gasteiger partial charge in [0.15, 0.2) is 0 Å². The molecule has 1 aromatic heterocycles. The number of pyridine rings is 1. The molecule has 0 bridgehead atoms. The Bertz CT molecular complexity index is 607. The van der Waals surface area contributed by atoms with Crippen LogP contribution in [-0.2, 0) is 0 Å². The van der Waals surface area contributed by atoms with Crippen molar-refractivity contribution in [1.82, 2.24) is 4.98 Å². The SMILES string of the molecule is C[Si](C)(C)c1ccc(-c2ccccc2)nc1C1CCCC1. The Balaban J connectivity index is 2.08. The number of hydrogen-bond acceptors (Lipinski definition) is 1. The van der Waals surface area contributed by atoms with E-state index in [0.29, 0.717) is 5.92 Å². The second-order valence-electron chi connectivity index (χ2n) is 7.23. The van der Waals surface area contributed by atoms with E-state index < -0.39 is 8.07 Å². The summed E-state index contributed by atoms with van der Waals surface area (Å²) in [5.74, 6) is 0.690. The zero-order valence-corrected chi connectivity index (χ0v) is 14.4. The first-order valence-electron chi connectivity index (χ1n) is 8.12. The van der Waals surface area contributed by atoms with E-state index in [1.54, 1.807) is 5.19 Å². The van der Waals surface area contributed by atoms with E-state index in [4.69, 9.17) is 4.98 Å². The van der Waals surface area contributed by atoms with E-state index in [1.807, 2.05) is 0 Å². The van der Waals surface area contributed by atoms with Crippen molar-refractivity contribution in [2.45, 2.75) is 51.2 Å². The highest BCUT2D eigenvalue weighted by Gasteiger charge is 2.27. The monoisotopic (exact) mass is 295 g/mol. The van der Waals surface area contributed by atoms with Crippen LogP contribution in [0.1, 0.15) is 37.3 Å². The molecule has 110 valence electrons. The minimum absolute atomic E-state index is 0.690. The van der Waals surface area contributed by atoms with E-state index in [1.165, 1.54) is 36.9 Å². The Kier molecular flexibility index (Phi) is 3.98. The lowest BCUT2D eigenvalue weighted by Crippen LogP contribution is -2.41. The number of rotatable bonds is 3. The predicted molar refractivity (Wildman–Crippen MR) is 93.9 cm³/mol. The lowest BCUT2D eigenvalue weighted by Gasteiger charge is -2.24. The summed E-state index contributed by atoms with van der Waals surface area (Å²) in [6.45, 7) is 7.31. The molecule has 1 fully saturated rings. The van der Waals surface area contributed by atoms with Gasteiger partial charge in [-0.15, -0.1) is 0 Å². The topological polar surface area (TPSA) is 12.9 Å². The fourth-order valence-electron chi connectivity index (χ4n) is 3.39. The molecule has 1 aliphatic carbocycles. The van der Waals surface area contributed by atoms with Gasteiger partial charge in [0.1, 0.15) is 0 Å². The Morgan fingerprint density at radius 1 is 0.905 bits per heavy atom. The summed E-state index contributed by atoms with van der Waals surface area (Å²) in [5.41, 5.74) is 3.78. The van der Waals surface area contributed by atoms with Crippen molar-refractivity contribution in [3.63, 3.8) is 0 Å². The molecule has 21 heavy (non-hydrogen) atoms. The molecule has 1 saturated carbocycles. The molecular weight excluding hydrogens is 270 g/mol. The number of hydrogen-bond donors (Lipinski definition) is 0. The molecule has 2 heteroatoms. The number of nitrogens with zero attached hydrogens (tertiary/aromatic N) is 1. The first kappa shape index (κ1) is 14.5. The average molecular weight is 296 g/mol. The summed E-state index contributed by atoms with van der Waals surface area (Å²) >= 11 is 0. The zero-order chi connectivity index (χ0) is 14.9. The summed E-state index contributed by atoms with van der Waals surface area (Å²) in [7, 11) is -1.33. The Hall–Kier alpha value is -1.41. The van der Waals surface area contributed by atoms with E-state index in [2.05, 4.69) is 62.1 Å². The fraction of sp³-hybridized carbons (Fsp3) is 0.421. The Labute approximate surface area is 129 Å². The standard InChI is InChI=1S/C19H25NSi/c1-21(2,3)18-14-13-17(15-9-5-4-6-10-15)20-19(18)16-11-7-8-12-16/h4-6,9-10,13-14,16H,7-8,11-12H2,1-3H3. The second-order valence-corrected chi connectivity index (χ2v) is 12.3. The molecule has 1 aromatic carbocycles. The minimum Gasteiger partial charge on any atom is -0.253 e. The van der Waals surface area contributed by atoms with Crippen molar-refractivity contribution in [2.75, 3.05) is 0 Å². The van der Waals surface area contributed by atoms with Gasteiger partial charge in [-0.05, 0) is 24.1 Å². The Morgan fingerprint density at radius 2 is 1.57 bits per heavy atom. The minimum atomic E-state index is -1.33. The molecular formula is C19H25NSi. The molecule has 0 unspecified atom stereocenters. The van der Waals surface area contributed by atoms with Crippen molar-refractivity contribution in [3.05, 3.63) is 48.2 Å². The maximum atomic E-state index is 5.13. The van der Waals surface area contributed by atoms with E-state index in [9.17, 15) is 0 Å². The van der Waals surface area contributed by atoms with Gasteiger partial charge in [-0.2, -0.15) is 0 Å². The van der Waals surface area contributed by atoms with Crippen LogP contribution in [-0.4, -0.2) is 13.1 Å². The summed E-state index contributed by atoms with van der Waals surface area (Å²) in [6.07, 6.45) is 5.38. The van der Waals surface area contributed by atoms with Gasteiger partial charge < -0.3 is 0 Å². The van der Waals surface area contributed by atoms with Crippen LogP contribution >= 0.6 is 0 Å². The maximum absolute atomic E-state index is 5.13. The third-order valence-electron chi connectivity index (χ3n) is 4.54. The lowest BCUT2D eigenvalue weighted by molar-refractivity contribution is 0.703. The largest absolute Gasteiger partial charge is 0.253 e. The highest BCUT2D eigenvalue weighted by molar-refractivity contribution is 6.89. The van der Waals surface area contributed by atoms with Crippen LogP contribution < -0.4 is 5.19 Å². The van der Waals surface area contributed by atoms with Gasteiger partial charge in [-0.3, -0.25) is 4.98 Å². The van der Waals surface area contributed by atoms with Crippen LogP contribution in [0.3, 0.4) is 0 Å². The number of aromatic nitrogens is 1. The zero-order valence-electron chi connectivity index (χ0n) is 13.4. The van der Waals surface area contributed by atoms with Crippen LogP contribution in [0.25, 0.3) is 11.3 Å². The van der Waals surface area contributed by atoms with E-state index in [-0.39, 0.29) is 0 Å². The molecule has 0 radical (unpaired) electrons. The molecule has 1 heterocycles. The van der Waals surface area contributed by atoms with Crippen molar-refractivity contribution in [3.8, 4) is 11.3 Å². The molecule has 0 N–H and O–H groups in total. The highest BCUT2D eigenvalue weighted by atomic mass is 28.3. The quantitative estimate of drug-likeness (QED) is 0.730. The maximum Gasteiger partial charge on any atom is 0.0800 e. The van der Waals surface area contributed by atoms with Crippen LogP contribution in [0.15, 0.2) is 42.5 Å². The normalized spacial score (nSPS) is 16.3. The molecule has 1 aliphatic rings. The van der Waals surface area contributed by atoms with Gasteiger partial charge in [0.25, 0.3) is 0 Å².